The van der Waals surface area contributed by atoms with Crippen molar-refractivity contribution in [1.82, 2.24) is 15.8 Å². The number of benzene rings is 2. The van der Waals surface area contributed by atoms with E-state index in [2.05, 4.69) is 10.7 Å². The lowest BCUT2D eigenvalue weighted by molar-refractivity contribution is -0.127. The summed E-state index contributed by atoms with van der Waals surface area (Å²) in [7, 11) is 3.17. The third-order valence-electron chi connectivity index (χ3n) is 4.78. The molecule has 2 aromatic rings. The molecule has 9 nitrogen and oxygen atoms in total. The van der Waals surface area contributed by atoms with Gasteiger partial charge in [-0.25, -0.2) is 10.4 Å². The van der Waals surface area contributed by atoms with Gasteiger partial charge in [0.2, 0.25) is 0 Å². The third kappa shape index (κ3) is 4.46. The number of carbonyl (C=O) groups is 2. The van der Waals surface area contributed by atoms with Crippen LogP contribution in [0.25, 0.3) is 6.08 Å². The number of hydrogen-bond acceptors (Lipinski definition) is 8. The molecule has 2 heterocycles. The van der Waals surface area contributed by atoms with Gasteiger partial charge in [0.25, 0.3) is 11.8 Å². The number of nitrogens with two attached hydrogens (primary N) is 1. The monoisotopic (exact) mass is 442 g/mol. The van der Waals surface area contributed by atoms with Crippen LogP contribution in [0.5, 0.6) is 17.2 Å². The molecule has 2 aromatic carbocycles. The van der Waals surface area contributed by atoms with Gasteiger partial charge in [-0.1, -0.05) is 30.0 Å². The van der Waals surface area contributed by atoms with Crippen LogP contribution in [0.2, 0.25) is 0 Å². The molecule has 2 aliphatic heterocycles. The summed E-state index contributed by atoms with van der Waals surface area (Å²) in [5.74, 6) is 1.16. The SMILES string of the molecule is COc1ccc(C2NC3SC(=Cc4ccc(OCC(N)=O)cc4)C(=O)N3N2)cc1OC. The standard InChI is InChI=1S/C21H22N4O5S/c1-28-15-8-5-13(10-16(15)29-2)19-23-21-25(24-19)20(27)17(31-21)9-12-3-6-14(7-4-12)30-11-18(22)26/h3-10,19,21,23-24H,11H2,1-2H3,(H2,22,26). The van der Waals surface area contributed by atoms with Crippen molar-refractivity contribution in [3.8, 4) is 17.2 Å². The van der Waals surface area contributed by atoms with Crippen LogP contribution in [-0.2, 0) is 9.59 Å². The van der Waals surface area contributed by atoms with Gasteiger partial charge in [0.15, 0.2) is 23.6 Å². The normalized spacial score (nSPS) is 21.3. The molecule has 162 valence electrons. The number of fused-ring (bicyclic) bond motifs is 1. The van der Waals surface area contributed by atoms with Crippen LogP contribution in [0.15, 0.2) is 47.4 Å². The molecular formula is C21H22N4O5S. The average Bonchev–Trinajstić information content (AvgIpc) is 3.32. The lowest BCUT2D eigenvalue weighted by Crippen LogP contribution is -2.37. The van der Waals surface area contributed by atoms with Crippen LogP contribution in [0.4, 0.5) is 0 Å². The summed E-state index contributed by atoms with van der Waals surface area (Å²) in [5, 5.41) is 4.98. The fraction of sp³-hybridized carbons (Fsp3) is 0.238. The number of primary amides is 1. The van der Waals surface area contributed by atoms with Crippen LogP contribution in [0, 0.1) is 0 Å². The molecule has 0 spiro atoms. The van der Waals surface area contributed by atoms with E-state index in [0.717, 1.165) is 11.1 Å². The number of nitrogens with one attached hydrogen (secondary N) is 2. The van der Waals surface area contributed by atoms with E-state index in [-0.39, 0.29) is 24.2 Å². The molecule has 0 aromatic heterocycles. The second-order valence-corrected chi connectivity index (χ2v) is 7.94. The van der Waals surface area contributed by atoms with Crippen molar-refractivity contribution in [2.75, 3.05) is 20.8 Å². The smallest absolute Gasteiger partial charge is 0.276 e. The van der Waals surface area contributed by atoms with E-state index in [0.29, 0.717) is 22.2 Å². The maximum absolute atomic E-state index is 12.8. The molecule has 10 heteroatoms. The minimum absolute atomic E-state index is 0.112. The van der Waals surface area contributed by atoms with Crippen molar-refractivity contribution in [2.45, 2.75) is 11.7 Å². The Balaban J connectivity index is 1.42. The zero-order valence-corrected chi connectivity index (χ0v) is 17.8. The number of hydrazine groups is 1. The van der Waals surface area contributed by atoms with E-state index in [1.807, 2.05) is 36.4 Å². The molecular weight excluding hydrogens is 420 g/mol. The number of methoxy groups -OCH3 is 2. The number of thioether (sulfide) groups is 1. The van der Waals surface area contributed by atoms with E-state index < -0.39 is 5.91 Å². The fourth-order valence-corrected chi connectivity index (χ4v) is 4.38. The summed E-state index contributed by atoms with van der Waals surface area (Å²) in [6, 6.07) is 12.7. The van der Waals surface area contributed by atoms with Crippen LogP contribution in [0.1, 0.15) is 17.3 Å². The minimum atomic E-state index is -0.536. The molecule has 2 atom stereocenters. The van der Waals surface area contributed by atoms with Gasteiger partial charge >= 0.3 is 0 Å². The van der Waals surface area contributed by atoms with Crippen molar-refractivity contribution < 1.29 is 23.8 Å². The van der Waals surface area contributed by atoms with Crippen LogP contribution in [-0.4, -0.2) is 43.1 Å². The Kier molecular flexibility index (Phi) is 6.03. The van der Waals surface area contributed by atoms with Gasteiger partial charge in [0, 0.05) is 0 Å². The molecule has 4 N–H and O–H groups in total. The number of nitrogens with zero attached hydrogens (tertiary/aromatic N) is 1. The van der Waals surface area contributed by atoms with Gasteiger partial charge in [-0.05, 0) is 41.5 Å². The summed E-state index contributed by atoms with van der Waals surface area (Å²) in [6.45, 7) is -0.177. The second-order valence-electron chi connectivity index (χ2n) is 6.82. The first-order valence-corrected chi connectivity index (χ1v) is 10.3. The highest BCUT2D eigenvalue weighted by molar-refractivity contribution is 8.05. The predicted molar refractivity (Wildman–Crippen MR) is 116 cm³/mol. The summed E-state index contributed by atoms with van der Waals surface area (Å²) < 4.78 is 15.9. The molecule has 4 rings (SSSR count). The fourth-order valence-electron chi connectivity index (χ4n) is 3.27. The minimum Gasteiger partial charge on any atom is -0.493 e. The summed E-state index contributed by atoms with van der Waals surface area (Å²) in [4.78, 5) is 24.3. The van der Waals surface area contributed by atoms with E-state index in [1.54, 1.807) is 31.4 Å². The third-order valence-corrected chi connectivity index (χ3v) is 5.90. The molecule has 2 amide bonds. The molecule has 0 saturated carbocycles. The van der Waals surface area contributed by atoms with Gasteiger partial charge in [0.05, 0.1) is 19.1 Å². The molecule has 2 saturated heterocycles. The summed E-state index contributed by atoms with van der Waals surface area (Å²) in [6.07, 6.45) is 1.59. The summed E-state index contributed by atoms with van der Waals surface area (Å²) in [5.41, 5.74) is 9.83. The average molecular weight is 442 g/mol. The van der Waals surface area contributed by atoms with Crippen molar-refractivity contribution in [2.24, 2.45) is 5.73 Å². The zero-order chi connectivity index (χ0) is 22.0. The Morgan fingerprint density at radius 1 is 1.16 bits per heavy atom. The largest absolute Gasteiger partial charge is 0.493 e. The van der Waals surface area contributed by atoms with Gasteiger partial charge < -0.3 is 19.9 Å². The van der Waals surface area contributed by atoms with E-state index in [1.165, 1.54) is 11.8 Å². The zero-order valence-electron chi connectivity index (χ0n) is 17.0. The lowest BCUT2D eigenvalue weighted by atomic mass is 10.1. The molecule has 2 aliphatic rings. The predicted octanol–water partition coefficient (Wildman–Crippen LogP) is 1.57. The molecule has 2 fully saturated rings. The Bertz CT molecular complexity index is 1030. The topological polar surface area (TPSA) is 115 Å². The maximum Gasteiger partial charge on any atom is 0.276 e. The number of amides is 2. The number of ether oxygens (including phenoxy) is 3. The highest BCUT2D eigenvalue weighted by atomic mass is 32.2. The van der Waals surface area contributed by atoms with Crippen LogP contribution < -0.4 is 30.7 Å². The van der Waals surface area contributed by atoms with Crippen LogP contribution >= 0.6 is 11.8 Å². The van der Waals surface area contributed by atoms with Crippen molar-refractivity contribution in [3.63, 3.8) is 0 Å². The Labute approximate surface area is 183 Å². The second kappa shape index (κ2) is 8.88. The van der Waals surface area contributed by atoms with E-state index >= 15 is 0 Å². The van der Waals surface area contributed by atoms with Gasteiger partial charge in [0.1, 0.15) is 11.9 Å². The summed E-state index contributed by atoms with van der Waals surface area (Å²) >= 11 is 1.43. The number of carbonyl (C=O) groups excluding carboxylic acids is 2. The number of rotatable bonds is 7. The molecule has 0 radical (unpaired) electrons. The Morgan fingerprint density at radius 2 is 1.90 bits per heavy atom. The van der Waals surface area contributed by atoms with Crippen LogP contribution in [0.3, 0.4) is 0 Å². The number of hydrogen-bond donors (Lipinski definition) is 3. The van der Waals surface area contributed by atoms with Gasteiger partial charge in [-0.15, -0.1) is 0 Å². The first-order valence-electron chi connectivity index (χ1n) is 9.45. The van der Waals surface area contributed by atoms with E-state index in [4.69, 9.17) is 19.9 Å². The highest BCUT2D eigenvalue weighted by Gasteiger charge is 2.43. The maximum atomic E-state index is 12.8. The van der Waals surface area contributed by atoms with Crippen molar-refractivity contribution in [1.29, 1.82) is 0 Å². The quantitative estimate of drug-likeness (QED) is 0.554. The Hall–Kier alpha value is -3.21. The molecule has 31 heavy (non-hydrogen) atoms. The molecule has 0 aliphatic carbocycles. The first kappa shape index (κ1) is 21.0. The first-order chi connectivity index (χ1) is 15.0. The lowest BCUT2D eigenvalue weighted by Gasteiger charge is -2.16. The molecule has 0 bridgehead atoms. The van der Waals surface area contributed by atoms with Crippen molar-refractivity contribution in [3.05, 3.63) is 58.5 Å². The van der Waals surface area contributed by atoms with Gasteiger partial charge in [-0.2, -0.15) is 0 Å². The van der Waals surface area contributed by atoms with Crippen molar-refractivity contribution >= 4 is 29.7 Å². The molecule has 2 unspecified atom stereocenters. The van der Waals surface area contributed by atoms with E-state index in [9.17, 15) is 9.59 Å². The van der Waals surface area contributed by atoms with Gasteiger partial charge in [-0.3, -0.25) is 14.9 Å². The highest BCUT2D eigenvalue weighted by Crippen LogP contribution is 2.39. The Morgan fingerprint density at radius 3 is 2.55 bits per heavy atom.